The standard InChI is InChI=1S/C4H6N2OS.C2H6/c1-3-5-6-4(7-3)8-2;1-2/h1-2H3;1-2H3. The minimum Gasteiger partial charge on any atom is -0.416 e. The smallest absolute Gasteiger partial charge is 0.276 e. The Kier molecular flexibility index (Phi) is 5.02. The van der Waals surface area contributed by atoms with Crippen molar-refractivity contribution >= 4 is 11.8 Å². The van der Waals surface area contributed by atoms with Crippen LogP contribution in [0.15, 0.2) is 9.64 Å². The predicted molar refractivity (Wildman–Crippen MR) is 42.2 cm³/mol. The molecule has 0 spiro atoms. The average molecular weight is 160 g/mol. The molecule has 0 radical (unpaired) electrons. The van der Waals surface area contributed by atoms with Crippen LogP contribution >= 0.6 is 11.8 Å². The highest BCUT2D eigenvalue weighted by Gasteiger charge is 1.95. The first-order valence-corrected chi connectivity index (χ1v) is 4.39. The molecule has 0 aromatic carbocycles. The van der Waals surface area contributed by atoms with Gasteiger partial charge in [0, 0.05) is 6.92 Å². The molecule has 0 amide bonds. The number of nitrogens with zero attached hydrogens (tertiary/aromatic N) is 2. The molecule has 0 saturated heterocycles. The van der Waals surface area contributed by atoms with Gasteiger partial charge in [0.1, 0.15) is 0 Å². The molecule has 0 saturated carbocycles. The normalized spacial score (nSPS) is 8.40. The predicted octanol–water partition coefficient (Wildman–Crippen LogP) is 2.13. The molecule has 3 nitrogen and oxygen atoms in total. The van der Waals surface area contributed by atoms with E-state index in [0.29, 0.717) is 11.1 Å². The Hall–Kier alpha value is -0.510. The van der Waals surface area contributed by atoms with Gasteiger partial charge in [-0.15, -0.1) is 10.2 Å². The van der Waals surface area contributed by atoms with Crippen molar-refractivity contribution in [2.24, 2.45) is 0 Å². The van der Waals surface area contributed by atoms with Crippen LogP contribution in [-0.4, -0.2) is 16.5 Å². The Morgan fingerprint density at radius 3 is 2.10 bits per heavy atom. The molecule has 58 valence electrons. The van der Waals surface area contributed by atoms with Gasteiger partial charge in [-0.05, 0) is 6.26 Å². The molecule has 0 fully saturated rings. The van der Waals surface area contributed by atoms with Crippen LogP contribution in [0, 0.1) is 6.92 Å². The van der Waals surface area contributed by atoms with Crippen molar-refractivity contribution in [2.75, 3.05) is 6.26 Å². The SMILES string of the molecule is CC.CSc1nnc(C)o1. The van der Waals surface area contributed by atoms with Gasteiger partial charge < -0.3 is 4.42 Å². The lowest BCUT2D eigenvalue weighted by atomic mass is 10.8. The second kappa shape index (κ2) is 5.29. The third-order valence-corrected chi connectivity index (χ3v) is 1.20. The Balaban J connectivity index is 0.000000371. The van der Waals surface area contributed by atoms with Crippen LogP contribution in [-0.2, 0) is 0 Å². The van der Waals surface area contributed by atoms with E-state index in [9.17, 15) is 0 Å². The van der Waals surface area contributed by atoms with Crippen LogP contribution in [0.4, 0.5) is 0 Å². The Morgan fingerprint density at radius 2 is 1.90 bits per heavy atom. The third-order valence-electron chi connectivity index (χ3n) is 0.682. The van der Waals surface area contributed by atoms with Gasteiger partial charge in [0.2, 0.25) is 5.89 Å². The van der Waals surface area contributed by atoms with Crippen molar-refractivity contribution in [1.82, 2.24) is 10.2 Å². The van der Waals surface area contributed by atoms with Gasteiger partial charge >= 0.3 is 0 Å². The first kappa shape index (κ1) is 9.49. The van der Waals surface area contributed by atoms with Crippen LogP contribution in [0.5, 0.6) is 0 Å². The first-order chi connectivity index (χ1) is 4.83. The van der Waals surface area contributed by atoms with Crippen molar-refractivity contribution in [3.8, 4) is 0 Å². The van der Waals surface area contributed by atoms with Crippen LogP contribution < -0.4 is 0 Å². The lowest BCUT2D eigenvalue weighted by molar-refractivity contribution is 0.430. The molecule has 0 unspecified atom stereocenters. The maximum absolute atomic E-state index is 4.97. The number of rotatable bonds is 1. The van der Waals surface area contributed by atoms with Gasteiger partial charge in [-0.25, -0.2) is 0 Å². The molecule has 10 heavy (non-hydrogen) atoms. The van der Waals surface area contributed by atoms with Crippen molar-refractivity contribution in [3.63, 3.8) is 0 Å². The van der Waals surface area contributed by atoms with E-state index in [2.05, 4.69) is 10.2 Å². The zero-order valence-electron chi connectivity index (χ0n) is 6.71. The zero-order chi connectivity index (χ0) is 7.98. The Morgan fingerprint density at radius 1 is 1.30 bits per heavy atom. The molecule has 0 N–H and O–H groups in total. The van der Waals surface area contributed by atoms with Gasteiger partial charge in [0.15, 0.2) is 0 Å². The second-order valence-corrected chi connectivity index (χ2v) is 2.05. The monoisotopic (exact) mass is 160 g/mol. The van der Waals surface area contributed by atoms with Gasteiger partial charge in [0.05, 0.1) is 0 Å². The lowest BCUT2D eigenvalue weighted by Crippen LogP contribution is -1.67. The highest BCUT2D eigenvalue weighted by molar-refractivity contribution is 7.98. The molecule has 1 aromatic heterocycles. The Labute approximate surface area is 65.2 Å². The van der Waals surface area contributed by atoms with E-state index < -0.39 is 0 Å². The van der Waals surface area contributed by atoms with Crippen LogP contribution in [0.25, 0.3) is 0 Å². The largest absolute Gasteiger partial charge is 0.416 e. The summed E-state index contributed by atoms with van der Waals surface area (Å²) in [6.07, 6.45) is 1.90. The first-order valence-electron chi connectivity index (χ1n) is 3.17. The molecule has 0 bridgehead atoms. The molecule has 4 heteroatoms. The number of aromatic nitrogens is 2. The molecule has 1 heterocycles. The van der Waals surface area contributed by atoms with E-state index in [0.717, 1.165) is 0 Å². The summed E-state index contributed by atoms with van der Waals surface area (Å²) in [6.45, 7) is 5.77. The van der Waals surface area contributed by atoms with Crippen LogP contribution in [0.3, 0.4) is 0 Å². The number of hydrogen-bond donors (Lipinski definition) is 0. The maximum atomic E-state index is 4.97. The van der Waals surface area contributed by atoms with Gasteiger partial charge in [-0.1, -0.05) is 25.6 Å². The second-order valence-electron chi connectivity index (χ2n) is 1.29. The van der Waals surface area contributed by atoms with Crippen molar-refractivity contribution in [1.29, 1.82) is 0 Å². The van der Waals surface area contributed by atoms with Crippen LogP contribution in [0.1, 0.15) is 19.7 Å². The summed E-state index contributed by atoms with van der Waals surface area (Å²) in [5, 5.41) is 7.96. The Bertz CT molecular complexity index is 176. The maximum Gasteiger partial charge on any atom is 0.276 e. The van der Waals surface area contributed by atoms with Crippen LogP contribution in [0.2, 0.25) is 0 Å². The van der Waals surface area contributed by atoms with E-state index in [-0.39, 0.29) is 0 Å². The number of hydrogen-bond acceptors (Lipinski definition) is 4. The summed E-state index contributed by atoms with van der Waals surface area (Å²) >= 11 is 1.45. The molecular weight excluding hydrogens is 148 g/mol. The van der Waals surface area contributed by atoms with E-state index in [4.69, 9.17) is 4.42 Å². The molecule has 0 aliphatic rings. The van der Waals surface area contributed by atoms with Crippen molar-refractivity contribution in [2.45, 2.75) is 26.0 Å². The van der Waals surface area contributed by atoms with E-state index in [1.807, 2.05) is 20.1 Å². The zero-order valence-corrected chi connectivity index (χ0v) is 7.53. The quantitative estimate of drug-likeness (QED) is 0.590. The molecule has 0 aliphatic heterocycles. The fourth-order valence-corrected chi connectivity index (χ4v) is 0.687. The minimum atomic E-state index is 0.620. The number of thioether (sulfide) groups is 1. The summed E-state index contributed by atoms with van der Waals surface area (Å²) in [5.41, 5.74) is 0. The topological polar surface area (TPSA) is 38.9 Å². The van der Waals surface area contributed by atoms with Gasteiger partial charge in [0.25, 0.3) is 5.22 Å². The summed E-state index contributed by atoms with van der Waals surface area (Å²) in [5.74, 6) is 0.620. The summed E-state index contributed by atoms with van der Waals surface area (Å²) in [6, 6.07) is 0. The molecule has 1 rings (SSSR count). The molecular formula is C6H12N2OS. The minimum absolute atomic E-state index is 0.620. The summed E-state index contributed by atoms with van der Waals surface area (Å²) in [4.78, 5) is 0. The highest BCUT2D eigenvalue weighted by atomic mass is 32.2. The lowest BCUT2D eigenvalue weighted by Gasteiger charge is -1.77. The van der Waals surface area contributed by atoms with E-state index in [1.54, 1.807) is 6.92 Å². The van der Waals surface area contributed by atoms with Gasteiger partial charge in [-0.3, -0.25) is 0 Å². The third kappa shape index (κ3) is 2.87. The molecule has 0 aliphatic carbocycles. The molecule has 1 aromatic rings. The molecule has 0 atom stereocenters. The summed E-state index contributed by atoms with van der Waals surface area (Å²) in [7, 11) is 0. The average Bonchev–Trinajstić information content (AvgIpc) is 2.40. The number of aryl methyl sites for hydroxylation is 1. The summed E-state index contributed by atoms with van der Waals surface area (Å²) < 4.78 is 4.97. The van der Waals surface area contributed by atoms with Gasteiger partial charge in [-0.2, -0.15) is 0 Å². The van der Waals surface area contributed by atoms with Crippen molar-refractivity contribution in [3.05, 3.63) is 5.89 Å². The fraction of sp³-hybridized carbons (Fsp3) is 0.667. The van der Waals surface area contributed by atoms with E-state index >= 15 is 0 Å². The fourth-order valence-electron chi connectivity index (χ4n) is 0.361. The van der Waals surface area contributed by atoms with E-state index in [1.165, 1.54) is 11.8 Å². The van der Waals surface area contributed by atoms with Crippen molar-refractivity contribution < 1.29 is 4.42 Å². The highest BCUT2D eigenvalue weighted by Crippen LogP contribution is 2.09.